The highest BCUT2D eigenvalue weighted by molar-refractivity contribution is 5.77. The summed E-state index contributed by atoms with van der Waals surface area (Å²) in [5, 5.41) is 0. The molecule has 37 heavy (non-hydrogen) atoms. The third-order valence-electron chi connectivity index (χ3n) is 5.90. The first-order chi connectivity index (χ1) is 17.0. The van der Waals surface area contributed by atoms with Crippen molar-refractivity contribution in [2.75, 3.05) is 6.61 Å². The minimum absolute atomic E-state index is 0.0807. The first kappa shape index (κ1) is 29.1. The van der Waals surface area contributed by atoms with Crippen molar-refractivity contribution in [1.29, 1.82) is 0 Å². The maximum Gasteiger partial charge on any atom is 0.313 e. The normalized spacial score (nSPS) is 28.6. The average molecular weight is 521 g/mol. The summed E-state index contributed by atoms with van der Waals surface area (Å²) in [5.74, 6) is -1.66. The lowest BCUT2D eigenvalue weighted by Gasteiger charge is -2.48. The van der Waals surface area contributed by atoms with Crippen LogP contribution in [0.25, 0.3) is 0 Å². The second kappa shape index (κ2) is 10.7. The van der Waals surface area contributed by atoms with Crippen molar-refractivity contribution in [3.05, 3.63) is 35.9 Å². The van der Waals surface area contributed by atoms with Gasteiger partial charge in [-0.1, -0.05) is 30.3 Å². The molecule has 0 saturated carbocycles. The number of benzene rings is 1. The number of ether oxygens (including phenoxy) is 6. The molecule has 206 valence electrons. The summed E-state index contributed by atoms with van der Waals surface area (Å²) in [4.78, 5) is 38.9. The fourth-order valence-corrected chi connectivity index (χ4v) is 3.56. The van der Waals surface area contributed by atoms with Crippen molar-refractivity contribution < 1.29 is 42.8 Å². The van der Waals surface area contributed by atoms with Gasteiger partial charge in [-0.15, -0.1) is 0 Å². The standard InChI is InChI=1S/C28H40O9/c1-26(2,3)23(29)35-19-18-17(15-32-21(34-18)16-13-11-10-12-14-16)33-22(37-25(31)28(7,8)9)20(19)36-24(30)27(4,5)6/h10-14,17-22H,15H2,1-9H3/t17?,18-,19-,20?,21?,22-/m1/s1. The zero-order chi connectivity index (χ0) is 27.8. The Morgan fingerprint density at radius 3 is 1.70 bits per heavy atom. The molecule has 9 heteroatoms. The van der Waals surface area contributed by atoms with Gasteiger partial charge in [-0.25, -0.2) is 0 Å². The summed E-state index contributed by atoms with van der Waals surface area (Å²) in [6.45, 7) is 15.4. The van der Waals surface area contributed by atoms with Crippen LogP contribution in [0.2, 0.25) is 0 Å². The summed E-state index contributed by atoms with van der Waals surface area (Å²) >= 11 is 0. The monoisotopic (exact) mass is 520 g/mol. The van der Waals surface area contributed by atoms with Crippen LogP contribution in [0.15, 0.2) is 30.3 Å². The van der Waals surface area contributed by atoms with Gasteiger partial charge in [0.05, 0.1) is 22.9 Å². The first-order valence-corrected chi connectivity index (χ1v) is 12.6. The molecule has 0 spiro atoms. The molecule has 2 heterocycles. The largest absolute Gasteiger partial charge is 0.455 e. The van der Waals surface area contributed by atoms with E-state index >= 15 is 0 Å². The Hall–Kier alpha value is -2.49. The lowest BCUT2D eigenvalue weighted by Crippen LogP contribution is -2.65. The van der Waals surface area contributed by atoms with Gasteiger partial charge in [0, 0.05) is 5.56 Å². The maximum atomic E-state index is 13.1. The lowest BCUT2D eigenvalue weighted by atomic mass is 9.93. The van der Waals surface area contributed by atoms with Crippen molar-refractivity contribution in [2.45, 2.75) is 99.3 Å². The van der Waals surface area contributed by atoms with E-state index in [0.717, 1.165) is 5.56 Å². The van der Waals surface area contributed by atoms with Gasteiger partial charge in [-0.2, -0.15) is 0 Å². The van der Waals surface area contributed by atoms with Crippen molar-refractivity contribution >= 4 is 17.9 Å². The molecule has 0 radical (unpaired) electrons. The summed E-state index contributed by atoms with van der Waals surface area (Å²) in [7, 11) is 0. The van der Waals surface area contributed by atoms with Crippen molar-refractivity contribution in [3.8, 4) is 0 Å². The number of esters is 3. The molecular weight excluding hydrogens is 480 g/mol. The summed E-state index contributed by atoms with van der Waals surface area (Å²) in [6, 6.07) is 9.31. The SMILES string of the molecule is CC(C)(C)C(=O)OC1[C@@H](OC(=O)C(C)(C)C)OC2COC(c3ccccc3)O[C@H]2[C@H]1OC(=O)C(C)(C)C. The molecule has 2 fully saturated rings. The van der Waals surface area contributed by atoms with E-state index in [-0.39, 0.29) is 6.61 Å². The van der Waals surface area contributed by atoms with E-state index in [9.17, 15) is 14.4 Å². The lowest BCUT2D eigenvalue weighted by molar-refractivity contribution is -0.359. The van der Waals surface area contributed by atoms with E-state index in [1.165, 1.54) is 0 Å². The van der Waals surface area contributed by atoms with Gasteiger partial charge >= 0.3 is 17.9 Å². The molecule has 0 N–H and O–H groups in total. The Morgan fingerprint density at radius 1 is 0.703 bits per heavy atom. The Balaban J connectivity index is 2.01. The van der Waals surface area contributed by atoms with Crippen LogP contribution < -0.4 is 0 Å². The predicted molar refractivity (Wildman–Crippen MR) is 133 cm³/mol. The maximum absolute atomic E-state index is 13.1. The van der Waals surface area contributed by atoms with Crippen LogP contribution in [0, 0.1) is 16.2 Å². The van der Waals surface area contributed by atoms with Crippen LogP contribution >= 0.6 is 0 Å². The highest BCUT2D eigenvalue weighted by Crippen LogP contribution is 2.38. The first-order valence-electron chi connectivity index (χ1n) is 12.6. The quantitative estimate of drug-likeness (QED) is 0.423. The molecule has 2 aliphatic rings. The van der Waals surface area contributed by atoms with E-state index in [1.54, 1.807) is 62.3 Å². The number of rotatable bonds is 4. The van der Waals surface area contributed by atoms with Gasteiger partial charge in [0.2, 0.25) is 12.4 Å². The molecule has 6 atom stereocenters. The third kappa shape index (κ3) is 7.09. The minimum atomic E-state index is -1.34. The molecule has 2 saturated heterocycles. The Labute approximate surface area is 219 Å². The molecule has 1 aromatic rings. The second-order valence-electron chi connectivity index (χ2n) is 12.6. The molecular formula is C28H40O9. The molecule has 0 aromatic heterocycles. The zero-order valence-corrected chi connectivity index (χ0v) is 23.2. The average Bonchev–Trinajstić information content (AvgIpc) is 2.79. The Morgan fingerprint density at radius 2 is 1.19 bits per heavy atom. The Bertz CT molecular complexity index is 968. The van der Waals surface area contributed by atoms with Crippen molar-refractivity contribution in [3.63, 3.8) is 0 Å². The zero-order valence-electron chi connectivity index (χ0n) is 23.2. The fourth-order valence-electron chi connectivity index (χ4n) is 3.56. The van der Waals surface area contributed by atoms with Gasteiger partial charge < -0.3 is 28.4 Å². The molecule has 3 unspecified atom stereocenters. The number of carbonyl (C=O) groups is 3. The highest BCUT2D eigenvalue weighted by Gasteiger charge is 2.56. The van der Waals surface area contributed by atoms with Crippen molar-refractivity contribution in [2.24, 2.45) is 16.2 Å². The van der Waals surface area contributed by atoms with Gasteiger partial charge in [0.25, 0.3) is 0 Å². The van der Waals surface area contributed by atoms with Gasteiger partial charge in [0.15, 0.2) is 12.4 Å². The molecule has 9 nitrogen and oxygen atoms in total. The van der Waals surface area contributed by atoms with Gasteiger partial charge in [-0.05, 0) is 62.3 Å². The predicted octanol–water partition coefficient (Wildman–Crippen LogP) is 4.33. The number of carbonyl (C=O) groups excluding carboxylic acids is 3. The third-order valence-corrected chi connectivity index (χ3v) is 5.90. The van der Waals surface area contributed by atoms with Gasteiger partial charge in [0.1, 0.15) is 12.2 Å². The molecule has 0 amide bonds. The fraction of sp³-hybridized carbons (Fsp3) is 0.679. The molecule has 2 aliphatic heterocycles. The van der Waals surface area contributed by atoms with Crippen LogP contribution in [0.1, 0.15) is 74.2 Å². The summed E-state index contributed by atoms with van der Waals surface area (Å²) < 4.78 is 35.8. The summed E-state index contributed by atoms with van der Waals surface area (Å²) in [6.07, 6.45) is -6.08. The van der Waals surface area contributed by atoms with Crippen LogP contribution in [-0.2, 0) is 42.8 Å². The van der Waals surface area contributed by atoms with E-state index in [0.29, 0.717) is 0 Å². The summed E-state index contributed by atoms with van der Waals surface area (Å²) in [5.41, 5.74) is -1.81. The van der Waals surface area contributed by atoms with E-state index < -0.39 is 71.1 Å². The molecule has 0 bridgehead atoms. The van der Waals surface area contributed by atoms with E-state index in [4.69, 9.17) is 28.4 Å². The molecule has 0 aliphatic carbocycles. The smallest absolute Gasteiger partial charge is 0.313 e. The number of fused-ring (bicyclic) bond motifs is 1. The van der Waals surface area contributed by atoms with Gasteiger partial charge in [-0.3, -0.25) is 14.4 Å². The number of hydrogen-bond acceptors (Lipinski definition) is 9. The number of hydrogen-bond donors (Lipinski definition) is 0. The molecule has 3 rings (SSSR count). The van der Waals surface area contributed by atoms with Crippen molar-refractivity contribution in [1.82, 2.24) is 0 Å². The van der Waals surface area contributed by atoms with E-state index in [2.05, 4.69) is 0 Å². The molecule has 1 aromatic carbocycles. The van der Waals surface area contributed by atoms with Crippen LogP contribution in [0.3, 0.4) is 0 Å². The van der Waals surface area contributed by atoms with Crippen LogP contribution in [0.5, 0.6) is 0 Å². The second-order valence-corrected chi connectivity index (χ2v) is 12.6. The Kier molecular flexibility index (Phi) is 8.41. The topological polar surface area (TPSA) is 107 Å². The van der Waals surface area contributed by atoms with Crippen LogP contribution in [0.4, 0.5) is 0 Å². The van der Waals surface area contributed by atoms with E-state index in [1.807, 2.05) is 30.3 Å². The minimum Gasteiger partial charge on any atom is -0.455 e. The highest BCUT2D eigenvalue weighted by atomic mass is 16.8. The van der Waals surface area contributed by atoms with Crippen LogP contribution in [-0.4, -0.2) is 55.2 Å².